The Morgan fingerprint density at radius 2 is 1.90 bits per heavy atom. The first-order valence-electron chi connectivity index (χ1n) is 5.75. The number of hydrogen-bond donors (Lipinski definition) is 1. The lowest BCUT2D eigenvalue weighted by atomic mass is 10.2. The molecule has 2 N–H and O–H groups in total. The summed E-state index contributed by atoms with van der Waals surface area (Å²) in [6.45, 7) is 0. The minimum Gasteiger partial charge on any atom is -0.398 e. The Kier molecular flexibility index (Phi) is 4.82. The van der Waals surface area contributed by atoms with Crippen molar-refractivity contribution in [3.8, 4) is 0 Å². The van der Waals surface area contributed by atoms with E-state index in [1.807, 2.05) is 0 Å². The molecule has 2 rings (SSSR count). The van der Waals surface area contributed by atoms with Crippen molar-refractivity contribution in [2.45, 2.75) is 10.6 Å². The lowest BCUT2D eigenvalue weighted by molar-refractivity contribution is -0.384. The topological polar surface area (TPSA) is 86.2 Å². The highest BCUT2D eigenvalue weighted by Crippen LogP contribution is 2.30. The molecule has 8 heteroatoms. The van der Waals surface area contributed by atoms with Gasteiger partial charge in [-0.2, -0.15) is 0 Å². The fraction of sp³-hybridized carbons (Fsp3) is 0.0769. The van der Waals surface area contributed by atoms with Gasteiger partial charge in [0, 0.05) is 17.8 Å². The van der Waals surface area contributed by atoms with Crippen LogP contribution in [0, 0.1) is 10.1 Å². The summed E-state index contributed by atoms with van der Waals surface area (Å²) >= 11 is 12.0. The maximum absolute atomic E-state index is 12.4. The predicted octanol–water partition coefficient (Wildman–Crippen LogP) is 3.79. The Bertz CT molecular complexity index is 717. The van der Waals surface area contributed by atoms with E-state index in [0.29, 0.717) is 21.2 Å². The third-order valence-electron chi connectivity index (χ3n) is 2.76. The number of benzene rings is 2. The number of nitro benzene ring substituents is 1. The van der Waals surface area contributed by atoms with Crippen LogP contribution in [0.3, 0.4) is 0 Å². The monoisotopic (exact) mass is 344 g/mol. The van der Waals surface area contributed by atoms with E-state index in [4.69, 9.17) is 28.9 Å². The number of rotatable bonds is 4. The smallest absolute Gasteiger partial charge is 0.270 e. The largest absolute Gasteiger partial charge is 0.398 e. The van der Waals surface area contributed by atoms with Crippen LogP contribution in [0.2, 0.25) is 10.0 Å². The Labute approximate surface area is 133 Å². The first-order chi connectivity index (χ1) is 9.90. The van der Waals surface area contributed by atoms with E-state index < -0.39 is 15.7 Å². The van der Waals surface area contributed by atoms with Gasteiger partial charge in [-0.15, -0.1) is 0 Å². The van der Waals surface area contributed by atoms with Crippen molar-refractivity contribution in [2.75, 3.05) is 5.73 Å². The molecule has 1 unspecified atom stereocenters. The van der Waals surface area contributed by atoms with Gasteiger partial charge < -0.3 is 5.73 Å². The molecule has 21 heavy (non-hydrogen) atoms. The lowest BCUT2D eigenvalue weighted by Gasteiger charge is -2.09. The van der Waals surface area contributed by atoms with E-state index in [1.54, 1.807) is 18.2 Å². The van der Waals surface area contributed by atoms with Gasteiger partial charge in [-0.05, 0) is 23.8 Å². The summed E-state index contributed by atoms with van der Waals surface area (Å²) in [6.07, 6.45) is 0. The number of hydrogen-bond acceptors (Lipinski definition) is 4. The second-order valence-electron chi connectivity index (χ2n) is 4.18. The Hall–Kier alpha value is -1.63. The van der Waals surface area contributed by atoms with Crippen LogP contribution in [0.4, 0.5) is 11.4 Å². The van der Waals surface area contributed by atoms with Crippen molar-refractivity contribution >= 4 is 45.4 Å². The highest BCUT2D eigenvalue weighted by atomic mass is 35.5. The van der Waals surface area contributed by atoms with Crippen LogP contribution in [0.15, 0.2) is 41.3 Å². The number of anilines is 1. The minimum absolute atomic E-state index is 0.0742. The molecule has 0 heterocycles. The minimum atomic E-state index is -1.50. The molecule has 0 aliphatic carbocycles. The molecule has 2 aromatic carbocycles. The molecule has 0 aliphatic heterocycles. The van der Waals surface area contributed by atoms with Gasteiger partial charge in [0.05, 0.1) is 36.4 Å². The van der Waals surface area contributed by atoms with E-state index >= 15 is 0 Å². The molecule has 2 aromatic rings. The van der Waals surface area contributed by atoms with Crippen LogP contribution >= 0.6 is 23.2 Å². The van der Waals surface area contributed by atoms with Gasteiger partial charge >= 0.3 is 0 Å². The zero-order valence-electron chi connectivity index (χ0n) is 10.6. The molecule has 0 aromatic heterocycles. The van der Waals surface area contributed by atoms with Gasteiger partial charge in [0.2, 0.25) is 0 Å². The van der Waals surface area contributed by atoms with Gasteiger partial charge in [0.25, 0.3) is 5.69 Å². The van der Waals surface area contributed by atoms with Gasteiger partial charge in [0.1, 0.15) is 0 Å². The summed E-state index contributed by atoms with van der Waals surface area (Å²) in [5, 5.41) is 11.1. The normalized spacial score (nSPS) is 12.1. The number of non-ortho nitro benzene ring substituents is 1. The molecule has 0 radical (unpaired) electrons. The van der Waals surface area contributed by atoms with Crippen LogP contribution in [0.1, 0.15) is 5.56 Å². The van der Waals surface area contributed by atoms with E-state index in [0.717, 1.165) is 0 Å². The van der Waals surface area contributed by atoms with Crippen LogP contribution in [0.5, 0.6) is 0 Å². The first kappa shape index (κ1) is 15.8. The van der Waals surface area contributed by atoms with Crippen molar-refractivity contribution < 1.29 is 9.13 Å². The summed E-state index contributed by atoms with van der Waals surface area (Å²) in [6, 6.07) is 8.89. The second-order valence-corrected chi connectivity index (χ2v) is 6.38. The van der Waals surface area contributed by atoms with Crippen LogP contribution < -0.4 is 5.73 Å². The molecule has 110 valence electrons. The van der Waals surface area contributed by atoms with Gasteiger partial charge in [-0.1, -0.05) is 29.3 Å². The average Bonchev–Trinajstić information content (AvgIpc) is 2.40. The number of nitrogen functional groups attached to an aromatic ring is 1. The van der Waals surface area contributed by atoms with Crippen molar-refractivity contribution in [3.05, 3.63) is 62.1 Å². The Morgan fingerprint density at radius 3 is 2.48 bits per heavy atom. The quantitative estimate of drug-likeness (QED) is 0.519. The van der Waals surface area contributed by atoms with Crippen molar-refractivity contribution in [3.63, 3.8) is 0 Å². The number of nitro groups is 1. The van der Waals surface area contributed by atoms with Crippen LogP contribution in [0.25, 0.3) is 0 Å². The fourth-order valence-corrected chi connectivity index (χ4v) is 3.80. The van der Waals surface area contributed by atoms with E-state index in [-0.39, 0.29) is 16.5 Å². The maximum atomic E-state index is 12.4. The molecule has 5 nitrogen and oxygen atoms in total. The Balaban J connectivity index is 2.30. The molecule has 0 bridgehead atoms. The molecule has 0 saturated heterocycles. The molecular formula is C13H10Cl2N2O3S. The summed E-state index contributed by atoms with van der Waals surface area (Å²) in [7, 11) is -1.50. The van der Waals surface area contributed by atoms with E-state index in [9.17, 15) is 14.3 Å². The van der Waals surface area contributed by atoms with Gasteiger partial charge in [-0.3, -0.25) is 14.3 Å². The summed E-state index contributed by atoms with van der Waals surface area (Å²) in [5.74, 6) is 0.0742. The molecular weight excluding hydrogens is 335 g/mol. The summed E-state index contributed by atoms with van der Waals surface area (Å²) in [4.78, 5) is 10.4. The summed E-state index contributed by atoms with van der Waals surface area (Å²) < 4.78 is 12.4. The second kappa shape index (κ2) is 6.43. The molecule has 0 spiro atoms. The highest BCUT2D eigenvalue weighted by Gasteiger charge is 2.16. The number of halogens is 2. The number of nitrogens with zero attached hydrogens (tertiary/aromatic N) is 1. The van der Waals surface area contributed by atoms with Gasteiger partial charge in [0.15, 0.2) is 0 Å². The lowest BCUT2D eigenvalue weighted by Crippen LogP contribution is -2.02. The van der Waals surface area contributed by atoms with Crippen LogP contribution in [-0.4, -0.2) is 9.13 Å². The zero-order valence-corrected chi connectivity index (χ0v) is 12.9. The fourth-order valence-electron chi connectivity index (χ4n) is 1.75. The van der Waals surface area contributed by atoms with Crippen LogP contribution in [-0.2, 0) is 16.6 Å². The third-order valence-corrected chi connectivity index (χ3v) is 5.02. The number of nitrogens with two attached hydrogens (primary N) is 1. The van der Waals surface area contributed by atoms with Crippen molar-refractivity contribution in [1.29, 1.82) is 0 Å². The molecule has 0 amide bonds. The van der Waals surface area contributed by atoms with Crippen molar-refractivity contribution in [1.82, 2.24) is 0 Å². The van der Waals surface area contributed by atoms with E-state index in [1.165, 1.54) is 18.2 Å². The standard InChI is InChI=1S/C13H10Cl2N2O3S/c14-10-2-1-3-12(16)13(10)21(20)7-8-4-5-9(17(18)19)6-11(8)15/h1-6H,7,16H2. The first-order valence-corrected chi connectivity index (χ1v) is 7.83. The molecule has 0 saturated carbocycles. The van der Waals surface area contributed by atoms with E-state index in [2.05, 4.69) is 0 Å². The zero-order chi connectivity index (χ0) is 15.6. The SMILES string of the molecule is Nc1cccc(Cl)c1S(=O)Cc1ccc([N+](=O)[O-])cc1Cl. The third kappa shape index (κ3) is 3.53. The highest BCUT2D eigenvalue weighted by molar-refractivity contribution is 7.84. The molecule has 0 aliphatic rings. The predicted molar refractivity (Wildman–Crippen MR) is 84.1 cm³/mol. The maximum Gasteiger partial charge on any atom is 0.270 e. The molecule has 1 atom stereocenters. The van der Waals surface area contributed by atoms with Gasteiger partial charge in [-0.25, -0.2) is 0 Å². The summed E-state index contributed by atoms with van der Waals surface area (Å²) in [5.41, 5.74) is 6.52. The average molecular weight is 345 g/mol. The molecule has 0 fully saturated rings. The van der Waals surface area contributed by atoms with Crippen molar-refractivity contribution in [2.24, 2.45) is 0 Å². The Morgan fingerprint density at radius 1 is 1.19 bits per heavy atom.